The molecule has 0 aromatic heterocycles. The summed E-state index contributed by atoms with van der Waals surface area (Å²) in [4.78, 5) is 0.164. The Hall–Kier alpha value is -1.12. The van der Waals surface area contributed by atoms with Crippen molar-refractivity contribution in [2.45, 2.75) is 30.7 Å². The number of benzene rings is 1. The van der Waals surface area contributed by atoms with E-state index in [0.29, 0.717) is 18.6 Å². The van der Waals surface area contributed by atoms with Crippen molar-refractivity contribution in [3.63, 3.8) is 0 Å². The third-order valence-corrected chi connectivity index (χ3v) is 7.69. The lowest BCUT2D eigenvalue weighted by Crippen LogP contribution is -2.37. The quantitative estimate of drug-likeness (QED) is 0.796. The van der Waals surface area contributed by atoms with Crippen LogP contribution in [0.3, 0.4) is 0 Å². The first-order valence-electron chi connectivity index (χ1n) is 7.06. The Morgan fingerprint density at radius 2 is 2.05 bits per heavy atom. The van der Waals surface area contributed by atoms with Crippen LogP contribution in [0.25, 0.3) is 0 Å². The maximum absolute atomic E-state index is 12.7. The molecular weight excluding hydrogens is 326 g/mol. The molecule has 124 valence electrons. The highest BCUT2D eigenvalue weighted by Gasteiger charge is 2.36. The first kappa shape index (κ1) is 17.2. The van der Waals surface area contributed by atoms with Crippen LogP contribution in [0.15, 0.2) is 23.1 Å². The van der Waals surface area contributed by atoms with Crippen molar-refractivity contribution in [2.75, 3.05) is 25.7 Å². The molecule has 1 aliphatic heterocycles. The van der Waals surface area contributed by atoms with Crippen LogP contribution in [0.5, 0.6) is 5.75 Å². The van der Waals surface area contributed by atoms with E-state index < -0.39 is 25.9 Å². The second-order valence-corrected chi connectivity index (χ2v) is 9.63. The van der Waals surface area contributed by atoms with Crippen LogP contribution >= 0.6 is 0 Å². The van der Waals surface area contributed by atoms with Gasteiger partial charge in [-0.1, -0.05) is 6.92 Å². The monoisotopic (exact) mass is 347 g/mol. The van der Waals surface area contributed by atoms with E-state index in [9.17, 15) is 16.8 Å². The number of sulfonamides is 1. The lowest BCUT2D eigenvalue weighted by Gasteiger charge is -2.23. The van der Waals surface area contributed by atoms with Gasteiger partial charge in [0.25, 0.3) is 0 Å². The number of sulfone groups is 1. The van der Waals surface area contributed by atoms with Crippen molar-refractivity contribution in [1.82, 2.24) is 4.31 Å². The Morgan fingerprint density at radius 3 is 2.55 bits per heavy atom. The minimum atomic E-state index is -3.72. The van der Waals surface area contributed by atoms with Crippen molar-refractivity contribution in [3.8, 4) is 5.75 Å². The number of methoxy groups -OCH3 is 1. The zero-order chi connectivity index (χ0) is 16.5. The molecule has 0 amide bonds. The molecule has 0 N–H and O–H groups in total. The molecule has 0 aliphatic carbocycles. The summed E-state index contributed by atoms with van der Waals surface area (Å²) in [6.07, 6.45) is 0.989. The van der Waals surface area contributed by atoms with E-state index in [2.05, 4.69) is 0 Å². The summed E-state index contributed by atoms with van der Waals surface area (Å²) >= 11 is 0. The number of hydrogen-bond acceptors (Lipinski definition) is 5. The van der Waals surface area contributed by atoms with E-state index >= 15 is 0 Å². The average molecular weight is 347 g/mol. The highest BCUT2D eigenvalue weighted by molar-refractivity contribution is 7.92. The molecule has 2 rings (SSSR count). The molecule has 0 bridgehead atoms. The molecule has 1 saturated heterocycles. The summed E-state index contributed by atoms with van der Waals surface area (Å²) in [5, 5.41) is 0. The first-order valence-corrected chi connectivity index (χ1v) is 10.3. The van der Waals surface area contributed by atoms with E-state index in [1.165, 1.54) is 24.5 Å². The van der Waals surface area contributed by atoms with Crippen LogP contribution in [-0.2, 0) is 26.3 Å². The maximum atomic E-state index is 12.7. The van der Waals surface area contributed by atoms with Crippen molar-refractivity contribution in [1.29, 1.82) is 0 Å². The number of hydrogen-bond donors (Lipinski definition) is 0. The molecular formula is C14H21NO5S2. The van der Waals surface area contributed by atoms with E-state index in [1.807, 2.05) is 6.92 Å². The van der Waals surface area contributed by atoms with Crippen LogP contribution in [-0.4, -0.2) is 52.8 Å². The predicted octanol–water partition coefficient (Wildman–Crippen LogP) is 1.07. The first-order chi connectivity index (χ1) is 10.2. The normalized spacial score (nSPS) is 21.2. The topological polar surface area (TPSA) is 80.8 Å². The van der Waals surface area contributed by atoms with Crippen LogP contribution in [0.4, 0.5) is 0 Å². The second-order valence-electron chi connectivity index (χ2n) is 5.41. The third-order valence-electron chi connectivity index (χ3n) is 4.03. The lowest BCUT2D eigenvalue weighted by molar-refractivity contribution is 0.393. The SMILES string of the molecule is CCc1cc(S(=O)(=O)N(C)C2CCS(=O)(=O)C2)ccc1OC. The zero-order valence-electron chi connectivity index (χ0n) is 12.9. The van der Waals surface area contributed by atoms with Gasteiger partial charge in [0.1, 0.15) is 5.75 Å². The van der Waals surface area contributed by atoms with Gasteiger partial charge in [-0.15, -0.1) is 0 Å². The summed E-state index contributed by atoms with van der Waals surface area (Å²) in [5.74, 6) is 0.576. The molecule has 0 radical (unpaired) electrons. The van der Waals surface area contributed by atoms with Crippen molar-refractivity contribution in [3.05, 3.63) is 23.8 Å². The summed E-state index contributed by atoms with van der Waals surface area (Å²) < 4.78 is 54.9. The molecule has 0 spiro atoms. The summed E-state index contributed by atoms with van der Waals surface area (Å²) in [7, 11) is -3.87. The minimum Gasteiger partial charge on any atom is -0.496 e. The van der Waals surface area contributed by atoms with Gasteiger partial charge >= 0.3 is 0 Å². The van der Waals surface area contributed by atoms with Gasteiger partial charge in [-0.05, 0) is 36.6 Å². The third kappa shape index (κ3) is 3.28. The largest absolute Gasteiger partial charge is 0.496 e. The van der Waals surface area contributed by atoms with E-state index in [-0.39, 0.29) is 16.4 Å². The van der Waals surface area contributed by atoms with Crippen LogP contribution in [0, 0.1) is 0 Å². The number of nitrogens with zero attached hydrogens (tertiary/aromatic N) is 1. The summed E-state index contributed by atoms with van der Waals surface area (Å²) in [6.45, 7) is 1.92. The second kappa shape index (κ2) is 6.17. The molecule has 1 unspecified atom stereocenters. The minimum absolute atomic E-state index is 0.0420. The molecule has 1 aliphatic rings. The van der Waals surface area contributed by atoms with Crippen LogP contribution in [0.2, 0.25) is 0 Å². The molecule has 1 atom stereocenters. The van der Waals surface area contributed by atoms with Gasteiger partial charge in [0.05, 0.1) is 23.5 Å². The number of rotatable bonds is 5. The Balaban J connectivity index is 2.34. The molecule has 8 heteroatoms. The van der Waals surface area contributed by atoms with E-state index in [1.54, 1.807) is 12.1 Å². The fraction of sp³-hybridized carbons (Fsp3) is 0.571. The van der Waals surface area contributed by atoms with Gasteiger partial charge in [-0.3, -0.25) is 0 Å². The molecule has 1 fully saturated rings. The predicted molar refractivity (Wildman–Crippen MR) is 84.4 cm³/mol. The average Bonchev–Trinajstić information content (AvgIpc) is 2.85. The van der Waals surface area contributed by atoms with E-state index in [0.717, 1.165) is 5.56 Å². The van der Waals surface area contributed by atoms with Gasteiger partial charge in [-0.25, -0.2) is 16.8 Å². The van der Waals surface area contributed by atoms with Gasteiger partial charge < -0.3 is 4.74 Å². The van der Waals surface area contributed by atoms with Gasteiger partial charge in [0.15, 0.2) is 9.84 Å². The molecule has 1 aromatic rings. The highest BCUT2D eigenvalue weighted by atomic mass is 32.2. The Bertz CT molecular complexity index is 755. The summed E-state index contributed by atoms with van der Waals surface area (Å²) in [6, 6.07) is 4.22. The van der Waals surface area contributed by atoms with Gasteiger partial charge in [0, 0.05) is 13.1 Å². The van der Waals surface area contributed by atoms with Crippen LogP contribution in [0.1, 0.15) is 18.9 Å². The zero-order valence-corrected chi connectivity index (χ0v) is 14.6. The van der Waals surface area contributed by atoms with Crippen molar-refractivity contribution >= 4 is 19.9 Å². The number of aryl methyl sites for hydroxylation is 1. The van der Waals surface area contributed by atoms with E-state index in [4.69, 9.17) is 4.74 Å². The molecule has 6 nitrogen and oxygen atoms in total. The van der Waals surface area contributed by atoms with Gasteiger partial charge in [0.2, 0.25) is 10.0 Å². The smallest absolute Gasteiger partial charge is 0.243 e. The molecule has 22 heavy (non-hydrogen) atoms. The van der Waals surface area contributed by atoms with Crippen LogP contribution < -0.4 is 4.74 Å². The Kier molecular flexibility index (Phi) is 4.84. The Labute approximate surface area is 132 Å². The fourth-order valence-corrected chi connectivity index (χ4v) is 5.92. The van der Waals surface area contributed by atoms with Crippen molar-refractivity contribution < 1.29 is 21.6 Å². The highest BCUT2D eigenvalue weighted by Crippen LogP contribution is 2.27. The molecule has 1 heterocycles. The molecule has 0 saturated carbocycles. The standard InChI is InChI=1S/C14H21NO5S2/c1-4-11-9-13(5-6-14(11)20-3)22(18,19)15(2)12-7-8-21(16,17)10-12/h5-6,9,12H,4,7-8,10H2,1-3H3. The summed E-state index contributed by atoms with van der Waals surface area (Å²) in [5.41, 5.74) is 0.802. The maximum Gasteiger partial charge on any atom is 0.243 e. The van der Waals surface area contributed by atoms with Crippen molar-refractivity contribution in [2.24, 2.45) is 0 Å². The number of ether oxygens (including phenoxy) is 1. The molecule has 1 aromatic carbocycles. The lowest BCUT2D eigenvalue weighted by atomic mass is 10.1. The fourth-order valence-electron chi connectivity index (χ4n) is 2.62. The Morgan fingerprint density at radius 1 is 1.36 bits per heavy atom. The van der Waals surface area contributed by atoms with Gasteiger partial charge in [-0.2, -0.15) is 4.31 Å².